The molecule has 0 unspecified atom stereocenters. The van der Waals surface area contributed by atoms with E-state index in [9.17, 15) is 0 Å². The summed E-state index contributed by atoms with van der Waals surface area (Å²) in [5.74, 6) is 0. The molecule has 0 amide bonds. The van der Waals surface area contributed by atoms with Gasteiger partial charge in [-0.05, 0) is 29.7 Å². The smallest absolute Gasteiger partial charge is 0.0319 e. The molecule has 1 aromatic rings. The van der Waals surface area contributed by atoms with Crippen LogP contribution in [0.4, 0.5) is 0 Å². The summed E-state index contributed by atoms with van der Waals surface area (Å²) in [4.78, 5) is 0. The summed E-state index contributed by atoms with van der Waals surface area (Å²) in [5.41, 5.74) is 9.06. The number of nitrogens with two attached hydrogens (primary N) is 1. The lowest BCUT2D eigenvalue weighted by Gasteiger charge is -2.11. The highest BCUT2D eigenvalue weighted by Crippen LogP contribution is 2.17. The minimum absolute atomic E-state index is 0.890. The number of allylic oxidation sites excluding steroid dienone is 3. The van der Waals surface area contributed by atoms with Gasteiger partial charge in [-0.2, -0.15) is 0 Å². The second-order valence-electron chi connectivity index (χ2n) is 3.03. The molecule has 0 aromatic heterocycles. The molecule has 2 N–H and O–H groups in total. The van der Waals surface area contributed by atoms with Crippen molar-refractivity contribution >= 4 is 0 Å². The molecule has 2 rings (SSSR count). The van der Waals surface area contributed by atoms with Crippen LogP contribution < -0.4 is 5.73 Å². The van der Waals surface area contributed by atoms with Crippen molar-refractivity contribution < 1.29 is 0 Å². The molecule has 60 valence electrons. The Balaban J connectivity index is 2.02. The van der Waals surface area contributed by atoms with E-state index >= 15 is 0 Å². The van der Waals surface area contributed by atoms with Gasteiger partial charge < -0.3 is 5.73 Å². The van der Waals surface area contributed by atoms with Gasteiger partial charge in [0.15, 0.2) is 0 Å². The SMILES string of the molecule is NC1=CC(Cc2ccccc2)=C1. The summed E-state index contributed by atoms with van der Waals surface area (Å²) in [6.07, 6.45) is 5.04. The topological polar surface area (TPSA) is 26.0 Å². The van der Waals surface area contributed by atoms with Crippen molar-refractivity contribution in [2.45, 2.75) is 6.42 Å². The van der Waals surface area contributed by atoms with Crippen LogP contribution >= 0.6 is 0 Å². The second-order valence-corrected chi connectivity index (χ2v) is 3.03. The summed E-state index contributed by atoms with van der Waals surface area (Å²) in [5, 5.41) is 0. The van der Waals surface area contributed by atoms with E-state index in [0.717, 1.165) is 12.1 Å². The summed E-state index contributed by atoms with van der Waals surface area (Å²) in [7, 11) is 0. The molecule has 0 radical (unpaired) electrons. The summed E-state index contributed by atoms with van der Waals surface area (Å²) in [6, 6.07) is 10.4. The first-order valence-electron chi connectivity index (χ1n) is 4.06. The van der Waals surface area contributed by atoms with E-state index in [-0.39, 0.29) is 0 Å². The summed E-state index contributed by atoms with van der Waals surface area (Å²) >= 11 is 0. The largest absolute Gasteiger partial charge is 0.399 e. The van der Waals surface area contributed by atoms with E-state index in [2.05, 4.69) is 24.3 Å². The van der Waals surface area contributed by atoms with Crippen LogP contribution in [-0.2, 0) is 6.42 Å². The molecule has 0 fully saturated rings. The Morgan fingerprint density at radius 2 is 1.67 bits per heavy atom. The van der Waals surface area contributed by atoms with Crippen molar-refractivity contribution in [3.8, 4) is 0 Å². The first-order chi connectivity index (χ1) is 5.84. The fraction of sp³-hybridized carbons (Fsp3) is 0.0909. The minimum Gasteiger partial charge on any atom is -0.399 e. The molecule has 0 heterocycles. The van der Waals surface area contributed by atoms with Gasteiger partial charge in [-0.15, -0.1) is 0 Å². The summed E-state index contributed by atoms with van der Waals surface area (Å²) < 4.78 is 0. The third kappa shape index (κ3) is 1.40. The predicted octanol–water partition coefficient (Wildman–Crippen LogP) is 2.01. The van der Waals surface area contributed by atoms with Gasteiger partial charge in [-0.3, -0.25) is 0 Å². The molecule has 1 heteroatoms. The van der Waals surface area contributed by atoms with Crippen LogP contribution in [0.3, 0.4) is 0 Å². The van der Waals surface area contributed by atoms with Gasteiger partial charge in [0, 0.05) is 5.70 Å². The molecule has 0 atom stereocenters. The van der Waals surface area contributed by atoms with Crippen LogP contribution in [0.15, 0.2) is 53.8 Å². The highest BCUT2D eigenvalue weighted by molar-refractivity contribution is 5.44. The number of hydrogen-bond donors (Lipinski definition) is 1. The highest BCUT2D eigenvalue weighted by atomic mass is 14.6. The lowest BCUT2D eigenvalue weighted by molar-refractivity contribution is 1.13. The zero-order valence-electron chi connectivity index (χ0n) is 6.83. The fourth-order valence-corrected chi connectivity index (χ4v) is 1.35. The fourth-order valence-electron chi connectivity index (χ4n) is 1.35. The van der Waals surface area contributed by atoms with E-state index in [4.69, 9.17) is 5.73 Å². The molecule has 1 nitrogen and oxygen atoms in total. The van der Waals surface area contributed by atoms with E-state index in [1.807, 2.05) is 18.2 Å². The molecule has 1 aliphatic rings. The lowest BCUT2D eigenvalue weighted by Crippen LogP contribution is -2.05. The van der Waals surface area contributed by atoms with Crippen molar-refractivity contribution in [1.82, 2.24) is 0 Å². The van der Waals surface area contributed by atoms with Crippen LogP contribution in [0.25, 0.3) is 0 Å². The third-order valence-electron chi connectivity index (χ3n) is 1.96. The summed E-state index contributed by atoms with van der Waals surface area (Å²) in [6.45, 7) is 0. The van der Waals surface area contributed by atoms with Gasteiger partial charge in [-0.1, -0.05) is 30.3 Å². The molecular weight excluding hydrogens is 146 g/mol. The van der Waals surface area contributed by atoms with Crippen molar-refractivity contribution in [3.05, 3.63) is 59.3 Å². The molecule has 0 aliphatic heterocycles. The Morgan fingerprint density at radius 3 is 2.25 bits per heavy atom. The monoisotopic (exact) mass is 157 g/mol. The van der Waals surface area contributed by atoms with Crippen LogP contribution in [0.1, 0.15) is 5.56 Å². The standard InChI is InChI=1S/C11H11N/c12-11-7-10(8-11)6-9-4-2-1-3-5-9/h1-5,7-8H,6,12H2. The van der Waals surface area contributed by atoms with Crippen LogP contribution in [0.5, 0.6) is 0 Å². The Hall–Kier alpha value is -1.50. The van der Waals surface area contributed by atoms with Gasteiger partial charge in [0.05, 0.1) is 0 Å². The Morgan fingerprint density at radius 1 is 1.00 bits per heavy atom. The van der Waals surface area contributed by atoms with Crippen molar-refractivity contribution in [2.75, 3.05) is 0 Å². The van der Waals surface area contributed by atoms with E-state index in [1.165, 1.54) is 11.1 Å². The number of rotatable bonds is 2. The van der Waals surface area contributed by atoms with Gasteiger partial charge in [0.1, 0.15) is 0 Å². The van der Waals surface area contributed by atoms with Crippen LogP contribution in [0, 0.1) is 0 Å². The van der Waals surface area contributed by atoms with Crippen molar-refractivity contribution in [2.24, 2.45) is 5.73 Å². The molecule has 12 heavy (non-hydrogen) atoms. The number of benzene rings is 1. The second kappa shape index (κ2) is 2.86. The zero-order chi connectivity index (χ0) is 8.39. The Kier molecular flexibility index (Phi) is 1.71. The first kappa shape index (κ1) is 7.17. The molecule has 0 spiro atoms. The first-order valence-corrected chi connectivity index (χ1v) is 4.06. The Bertz CT molecular complexity index is 333. The third-order valence-corrected chi connectivity index (χ3v) is 1.96. The average molecular weight is 157 g/mol. The zero-order valence-corrected chi connectivity index (χ0v) is 6.83. The quantitative estimate of drug-likeness (QED) is 0.698. The molecular formula is C11H11N. The molecule has 0 saturated heterocycles. The van der Waals surface area contributed by atoms with E-state index < -0.39 is 0 Å². The van der Waals surface area contributed by atoms with E-state index in [0.29, 0.717) is 0 Å². The molecule has 1 aromatic carbocycles. The maximum atomic E-state index is 5.51. The highest BCUT2D eigenvalue weighted by Gasteiger charge is 2.04. The van der Waals surface area contributed by atoms with Gasteiger partial charge >= 0.3 is 0 Å². The maximum Gasteiger partial charge on any atom is 0.0319 e. The average Bonchev–Trinajstić information content (AvgIpc) is 2.04. The van der Waals surface area contributed by atoms with Gasteiger partial charge in [0.25, 0.3) is 0 Å². The molecule has 0 bridgehead atoms. The number of hydrogen-bond acceptors (Lipinski definition) is 1. The van der Waals surface area contributed by atoms with Gasteiger partial charge in [-0.25, -0.2) is 0 Å². The molecule has 0 saturated carbocycles. The predicted molar refractivity (Wildman–Crippen MR) is 50.5 cm³/mol. The normalized spacial score (nSPS) is 14.7. The van der Waals surface area contributed by atoms with E-state index in [1.54, 1.807) is 0 Å². The Labute approximate surface area is 72.2 Å². The molecule has 1 aliphatic carbocycles. The van der Waals surface area contributed by atoms with Crippen LogP contribution in [-0.4, -0.2) is 0 Å². The lowest BCUT2D eigenvalue weighted by atomic mass is 9.98. The van der Waals surface area contributed by atoms with Crippen LogP contribution in [0.2, 0.25) is 0 Å². The maximum absolute atomic E-state index is 5.51. The van der Waals surface area contributed by atoms with Crippen molar-refractivity contribution in [3.63, 3.8) is 0 Å². The minimum atomic E-state index is 0.890. The van der Waals surface area contributed by atoms with Crippen molar-refractivity contribution in [1.29, 1.82) is 0 Å². The van der Waals surface area contributed by atoms with Gasteiger partial charge in [0.2, 0.25) is 0 Å².